The fraction of sp³-hybridized carbons (Fsp3) is 0.200. The van der Waals surface area contributed by atoms with Crippen molar-refractivity contribution in [2.45, 2.75) is 12.0 Å². The fourth-order valence-electron chi connectivity index (χ4n) is 2.34. The molecule has 0 bridgehead atoms. The second kappa shape index (κ2) is 4.50. The molecule has 2 atom stereocenters. The smallest absolute Gasteiger partial charge is 0.104 e. The summed E-state index contributed by atoms with van der Waals surface area (Å²) in [4.78, 5) is 0. The van der Waals surface area contributed by atoms with Crippen molar-refractivity contribution >= 4 is 0 Å². The van der Waals surface area contributed by atoms with Gasteiger partial charge in [-0.15, -0.1) is 0 Å². The van der Waals surface area contributed by atoms with Gasteiger partial charge in [-0.1, -0.05) is 60.7 Å². The molecule has 1 aliphatic heterocycles. The molecular weight excluding hydrogens is 208 g/mol. The molecule has 2 heteroatoms. The second-order valence-electron chi connectivity index (χ2n) is 4.31. The lowest BCUT2D eigenvalue weighted by atomic mass is 9.88. The average molecular weight is 222 g/mol. The van der Waals surface area contributed by atoms with Gasteiger partial charge in [0.05, 0.1) is 6.54 Å². The molecule has 1 aliphatic rings. The minimum Gasteiger partial charge on any atom is -0.193 e. The number of hydrogen-bond donors (Lipinski definition) is 0. The van der Waals surface area contributed by atoms with Crippen LogP contribution in [0.2, 0.25) is 0 Å². The van der Waals surface area contributed by atoms with Crippen LogP contribution in [0.4, 0.5) is 0 Å². The Morgan fingerprint density at radius 2 is 1.35 bits per heavy atom. The van der Waals surface area contributed by atoms with Gasteiger partial charge in [-0.25, -0.2) is 0 Å². The molecule has 0 N–H and O–H groups in total. The fourth-order valence-corrected chi connectivity index (χ4v) is 2.34. The predicted octanol–water partition coefficient (Wildman–Crippen LogP) is 3.98. The largest absolute Gasteiger partial charge is 0.193 e. The molecule has 2 aromatic carbocycles. The quantitative estimate of drug-likeness (QED) is 0.734. The first kappa shape index (κ1) is 10.2. The van der Waals surface area contributed by atoms with Crippen molar-refractivity contribution in [1.29, 1.82) is 0 Å². The SMILES string of the molecule is c1ccc(C2CN=NC2c2ccccc2)cc1. The summed E-state index contributed by atoms with van der Waals surface area (Å²) in [5.41, 5.74) is 2.58. The summed E-state index contributed by atoms with van der Waals surface area (Å²) in [5, 5.41) is 8.61. The van der Waals surface area contributed by atoms with E-state index in [1.165, 1.54) is 11.1 Å². The van der Waals surface area contributed by atoms with Crippen molar-refractivity contribution in [2.24, 2.45) is 10.2 Å². The summed E-state index contributed by atoms with van der Waals surface area (Å²) in [6, 6.07) is 21.1. The lowest BCUT2D eigenvalue weighted by Gasteiger charge is -2.16. The molecule has 0 fully saturated rings. The number of azo groups is 1. The Kier molecular flexibility index (Phi) is 2.70. The zero-order valence-electron chi connectivity index (χ0n) is 9.53. The second-order valence-corrected chi connectivity index (χ2v) is 4.31. The van der Waals surface area contributed by atoms with Crippen LogP contribution >= 0.6 is 0 Å². The van der Waals surface area contributed by atoms with Crippen LogP contribution in [0, 0.1) is 0 Å². The molecule has 0 radical (unpaired) electrons. The van der Waals surface area contributed by atoms with Gasteiger partial charge in [0.2, 0.25) is 0 Å². The first-order chi connectivity index (χ1) is 8.45. The molecule has 1 heterocycles. The van der Waals surface area contributed by atoms with Gasteiger partial charge < -0.3 is 0 Å². The van der Waals surface area contributed by atoms with E-state index < -0.39 is 0 Å². The third-order valence-electron chi connectivity index (χ3n) is 3.23. The Balaban J connectivity index is 1.93. The molecule has 0 aliphatic carbocycles. The van der Waals surface area contributed by atoms with Gasteiger partial charge in [-0.05, 0) is 11.1 Å². The van der Waals surface area contributed by atoms with E-state index in [-0.39, 0.29) is 6.04 Å². The molecule has 2 nitrogen and oxygen atoms in total. The summed E-state index contributed by atoms with van der Waals surface area (Å²) in [6.07, 6.45) is 0. The van der Waals surface area contributed by atoms with Gasteiger partial charge in [0.25, 0.3) is 0 Å². The van der Waals surface area contributed by atoms with Gasteiger partial charge in [0.1, 0.15) is 6.04 Å². The number of hydrogen-bond acceptors (Lipinski definition) is 2. The Labute approximate surface area is 101 Å². The lowest BCUT2D eigenvalue weighted by molar-refractivity contribution is 0.635. The van der Waals surface area contributed by atoms with Crippen LogP contribution in [0.5, 0.6) is 0 Å². The zero-order chi connectivity index (χ0) is 11.5. The minimum atomic E-state index is 0.179. The van der Waals surface area contributed by atoms with Gasteiger partial charge in [0, 0.05) is 5.92 Å². The maximum atomic E-state index is 4.39. The Bertz CT molecular complexity index is 505. The number of nitrogens with zero attached hydrogens (tertiary/aromatic N) is 2. The normalized spacial score (nSPS) is 22.8. The standard InChI is InChI=1S/C15H14N2/c1-3-7-12(8-4-1)14-11-16-17-15(14)13-9-5-2-6-10-13/h1-10,14-15H,11H2. The van der Waals surface area contributed by atoms with E-state index in [2.05, 4.69) is 58.8 Å². The van der Waals surface area contributed by atoms with Crippen molar-refractivity contribution < 1.29 is 0 Å². The van der Waals surface area contributed by atoms with Gasteiger partial charge in [-0.2, -0.15) is 10.2 Å². The van der Waals surface area contributed by atoms with Crippen molar-refractivity contribution in [1.82, 2.24) is 0 Å². The van der Waals surface area contributed by atoms with E-state index in [1.54, 1.807) is 0 Å². The summed E-state index contributed by atoms with van der Waals surface area (Å²) < 4.78 is 0. The van der Waals surface area contributed by atoms with E-state index in [1.807, 2.05) is 12.1 Å². The highest BCUT2D eigenvalue weighted by Gasteiger charge is 2.28. The average Bonchev–Trinajstić information content (AvgIpc) is 2.90. The van der Waals surface area contributed by atoms with E-state index >= 15 is 0 Å². The van der Waals surface area contributed by atoms with E-state index in [9.17, 15) is 0 Å². The first-order valence-electron chi connectivity index (χ1n) is 5.91. The van der Waals surface area contributed by atoms with Crippen molar-refractivity contribution in [3.63, 3.8) is 0 Å². The molecule has 2 unspecified atom stereocenters. The topological polar surface area (TPSA) is 24.7 Å². The number of benzene rings is 2. The van der Waals surface area contributed by atoms with Gasteiger partial charge in [-0.3, -0.25) is 0 Å². The van der Waals surface area contributed by atoms with E-state index in [4.69, 9.17) is 0 Å². The van der Waals surface area contributed by atoms with Crippen molar-refractivity contribution in [3.05, 3.63) is 71.8 Å². The molecular formula is C15H14N2. The summed E-state index contributed by atoms with van der Waals surface area (Å²) in [7, 11) is 0. The van der Waals surface area contributed by atoms with Crippen LogP contribution in [0.1, 0.15) is 23.1 Å². The summed E-state index contributed by atoms with van der Waals surface area (Å²) in [6.45, 7) is 0.795. The van der Waals surface area contributed by atoms with Crippen LogP contribution in [-0.4, -0.2) is 6.54 Å². The molecule has 0 aromatic heterocycles. The highest BCUT2D eigenvalue weighted by molar-refractivity contribution is 5.29. The molecule has 84 valence electrons. The summed E-state index contributed by atoms with van der Waals surface area (Å²) in [5.74, 6) is 0.388. The van der Waals surface area contributed by atoms with Gasteiger partial charge in [0.15, 0.2) is 0 Å². The van der Waals surface area contributed by atoms with Crippen LogP contribution in [0.15, 0.2) is 70.9 Å². The van der Waals surface area contributed by atoms with Crippen LogP contribution < -0.4 is 0 Å². The number of rotatable bonds is 2. The molecule has 17 heavy (non-hydrogen) atoms. The maximum Gasteiger partial charge on any atom is 0.104 e. The highest BCUT2D eigenvalue weighted by atomic mass is 15.2. The lowest BCUT2D eigenvalue weighted by Crippen LogP contribution is -2.07. The maximum absolute atomic E-state index is 4.39. The molecule has 0 saturated heterocycles. The minimum absolute atomic E-state index is 0.179. The monoisotopic (exact) mass is 222 g/mol. The molecule has 0 saturated carbocycles. The Morgan fingerprint density at radius 3 is 2.00 bits per heavy atom. The van der Waals surface area contributed by atoms with Gasteiger partial charge >= 0.3 is 0 Å². The Morgan fingerprint density at radius 1 is 0.765 bits per heavy atom. The van der Waals surface area contributed by atoms with E-state index in [0.29, 0.717) is 5.92 Å². The highest BCUT2D eigenvalue weighted by Crippen LogP contribution is 2.38. The molecule has 2 aromatic rings. The van der Waals surface area contributed by atoms with Crippen LogP contribution in [-0.2, 0) is 0 Å². The Hall–Kier alpha value is -1.96. The van der Waals surface area contributed by atoms with Crippen molar-refractivity contribution in [2.75, 3.05) is 6.54 Å². The third-order valence-corrected chi connectivity index (χ3v) is 3.23. The molecule has 0 amide bonds. The first-order valence-corrected chi connectivity index (χ1v) is 5.91. The third kappa shape index (κ3) is 1.98. The predicted molar refractivity (Wildman–Crippen MR) is 68.1 cm³/mol. The van der Waals surface area contributed by atoms with E-state index in [0.717, 1.165) is 6.54 Å². The van der Waals surface area contributed by atoms with Crippen LogP contribution in [0.3, 0.4) is 0 Å². The zero-order valence-corrected chi connectivity index (χ0v) is 9.53. The van der Waals surface area contributed by atoms with Crippen molar-refractivity contribution in [3.8, 4) is 0 Å². The summed E-state index contributed by atoms with van der Waals surface area (Å²) >= 11 is 0. The van der Waals surface area contributed by atoms with Crippen LogP contribution in [0.25, 0.3) is 0 Å². The molecule has 0 spiro atoms. The molecule has 3 rings (SSSR count).